The van der Waals surface area contributed by atoms with Crippen LogP contribution in [0.15, 0.2) is 48.5 Å². The minimum Gasteiger partial charge on any atom is -0.459 e. The van der Waals surface area contributed by atoms with Gasteiger partial charge in [0.15, 0.2) is 0 Å². The average molecular weight is 402 g/mol. The van der Waals surface area contributed by atoms with Crippen molar-refractivity contribution in [1.29, 1.82) is 0 Å². The molecular formula is C20H22N2O5S. The lowest BCUT2D eigenvalue weighted by atomic mass is 10.1. The quantitative estimate of drug-likeness (QED) is 0.392. The van der Waals surface area contributed by atoms with Crippen LogP contribution in [0, 0.1) is 17.0 Å². The molecule has 0 aliphatic heterocycles. The van der Waals surface area contributed by atoms with Gasteiger partial charge in [-0.05, 0) is 55.2 Å². The minimum absolute atomic E-state index is 0.0209. The van der Waals surface area contributed by atoms with Crippen LogP contribution in [0.3, 0.4) is 0 Å². The van der Waals surface area contributed by atoms with Crippen molar-refractivity contribution in [1.82, 2.24) is 5.32 Å². The zero-order valence-corrected chi connectivity index (χ0v) is 16.5. The summed E-state index contributed by atoms with van der Waals surface area (Å²) in [5.74, 6) is -0.179. The summed E-state index contributed by atoms with van der Waals surface area (Å²) in [5.41, 5.74) is 2.04. The first-order valence-corrected chi connectivity index (χ1v) is 10.1. The third kappa shape index (κ3) is 6.38. The van der Waals surface area contributed by atoms with Gasteiger partial charge >= 0.3 is 5.97 Å². The van der Waals surface area contributed by atoms with E-state index in [9.17, 15) is 19.7 Å². The minimum atomic E-state index is -0.765. The van der Waals surface area contributed by atoms with Gasteiger partial charge < -0.3 is 10.1 Å². The van der Waals surface area contributed by atoms with Gasteiger partial charge in [-0.15, -0.1) is 0 Å². The van der Waals surface area contributed by atoms with Gasteiger partial charge in [-0.1, -0.05) is 17.7 Å². The fourth-order valence-electron chi connectivity index (χ4n) is 2.48. The van der Waals surface area contributed by atoms with E-state index in [4.69, 9.17) is 4.74 Å². The number of hydrogen-bond acceptors (Lipinski definition) is 6. The number of nitrogens with one attached hydrogen (secondary N) is 1. The zero-order valence-electron chi connectivity index (χ0n) is 15.7. The topological polar surface area (TPSA) is 98.5 Å². The lowest BCUT2D eigenvalue weighted by Gasteiger charge is -2.17. The van der Waals surface area contributed by atoms with E-state index in [0.29, 0.717) is 23.3 Å². The van der Waals surface area contributed by atoms with Crippen molar-refractivity contribution in [2.24, 2.45) is 0 Å². The molecule has 1 amide bonds. The van der Waals surface area contributed by atoms with Crippen molar-refractivity contribution in [3.63, 3.8) is 0 Å². The molecule has 1 atom stereocenters. The molecule has 7 nitrogen and oxygen atoms in total. The number of aryl methyl sites for hydroxylation is 1. The SMILES string of the molecule is CSCC[C@@H](NC(=O)c1cccc(C)c1)C(=O)OCc1ccc([N+](=O)[O-])cc1. The van der Waals surface area contributed by atoms with E-state index < -0.39 is 16.9 Å². The molecule has 0 unspecified atom stereocenters. The Balaban J connectivity index is 1.99. The summed E-state index contributed by atoms with van der Waals surface area (Å²) in [6.07, 6.45) is 2.36. The molecule has 0 bridgehead atoms. The first-order valence-electron chi connectivity index (χ1n) is 8.67. The Hall–Kier alpha value is -2.87. The molecule has 8 heteroatoms. The van der Waals surface area contributed by atoms with E-state index in [-0.39, 0.29) is 18.2 Å². The van der Waals surface area contributed by atoms with E-state index in [1.807, 2.05) is 19.2 Å². The Morgan fingerprint density at radius 3 is 2.54 bits per heavy atom. The highest BCUT2D eigenvalue weighted by atomic mass is 32.2. The van der Waals surface area contributed by atoms with E-state index >= 15 is 0 Å². The molecule has 2 aromatic carbocycles. The van der Waals surface area contributed by atoms with Crippen LogP contribution < -0.4 is 5.32 Å². The first kappa shape index (κ1) is 21.4. The molecule has 0 aromatic heterocycles. The summed E-state index contributed by atoms with van der Waals surface area (Å²) in [6, 6.07) is 12.1. The second-order valence-electron chi connectivity index (χ2n) is 6.21. The van der Waals surface area contributed by atoms with Crippen LogP contribution in [0.1, 0.15) is 27.9 Å². The Labute approximate surface area is 167 Å². The Kier molecular flexibility index (Phi) is 8.01. The maximum atomic E-state index is 12.5. The summed E-state index contributed by atoms with van der Waals surface area (Å²) in [6.45, 7) is 1.87. The number of esters is 1. The molecule has 2 aromatic rings. The summed E-state index contributed by atoms with van der Waals surface area (Å²) < 4.78 is 5.32. The number of thioether (sulfide) groups is 1. The fraction of sp³-hybridized carbons (Fsp3) is 0.300. The first-order chi connectivity index (χ1) is 13.4. The van der Waals surface area contributed by atoms with E-state index in [2.05, 4.69) is 5.32 Å². The molecule has 1 N–H and O–H groups in total. The number of nitro benzene ring substituents is 1. The van der Waals surface area contributed by atoms with Gasteiger partial charge in [0.1, 0.15) is 12.6 Å². The van der Waals surface area contributed by atoms with Gasteiger partial charge in [0.05, 0.1) is 4.92 Å². The fourth-order valence-corrected chi connectivity index (χ4v) is 2.95. The smallest absolute Gasteiger partial charge is 0.329 e. The summed E-state index contributed by atoms with van der Waals surface area (Å²) in [5, 5.41) is 13.4. The Morgan fingerprint density at radius 1 is 1.21 bits per heavy atom. The molecule has 28 heavy (non-hydrogen) atoms. The highest BCUT2D eigenvalue weighted by Crippen LogP contribution is 2.13. The normalized spacial score (nSPS) is 11.5. The van der Waals surface area contributed by atoms with Gasteiger partial charge in [-0.3, -0.25) is 14.9 Å². The maximum Gasteiger partial charge on any atom is 0.329 e. The standard InChI is InChI=1S/C20H22N2O5S/c1-14-4-3-5-16(12-14)19(23)21-18(10-11-28-2)20(24)27-13-15-6-8-17(9-7-15)22(25)26/h3-9,12,18H,10-11,13H2,1-2H3,(H,21,23)/t18-/m1/s1. The number of rotatable bonds is 9. The number of non-ortho nitro benzene ring substituents is 1. The summed E-state index contributed by atoms with van der Waals surface area (Å²) in [7, 11) is 0. The van der Waals surface area contributed by atoms with E-state index in [1.54, 1.807) is 30.0 Å². The second kappa shape index (κ2) is 10.5. The maximum absolute atomic E-state index is 12.5. The molecule has 0 saturated heterocycles. The number of carbonyl (C=O) groups is 2. The summed E-state index contributed by atoms with van der Waals surface area (Å²) in [4.78, 5) is 35.1. The van der Waals surface area contributed by atoms with Gasteiger partial charge in [-0.2, -0.15) is 11.8 Å². The highest BCUT2D eigenvalue weighted by molar-refractivity contribution is 7.98. The van der Waals surface area contributed by atoms with Crippen molar-refractivity contribution in [3.05, 3.63) is 75.3 Å². The van der Waals surface area contributed by atoms with Gasteiger partial charge in [0, 0.05) is 17.7 Å². The van der Waals surface area contributed by atoms with Crippen LogP contribution in [0.5, 0.6) is 0 Å². The average Bonchev–Trinajstić information content (AvgIpc) is 2.69. The number of nitro groups is 1. The van der Waals surface area contributed by atoms with Crippen molar-refractivity contribution < 1.29 is 19.2 Å². The third-order valence-corrected chi connectivity index (χ3v) is 4.65. The molecular weight excluding hydrogens is 380 g/mol. The number of benzene rings is 2. The lowest BCUT2D eigenvalue weighted by Crippen LogP contribution is -2.42. The van der Waals surface area contributed by atoms with E-state index in [0.717, 1.165) is 5.56 Å². The van der Waals surface area contributed by atoms with Crippen LogP contribution in [-0.4, -0.2) is 34.9 Å². The molecule has 0 saturated carbocycles. The third-order valence-electron chi connectivity index (χ3n) is 4.01. The predicted molar refractivity (Wildman–Crippen MR) is 108 cm³/mol. The van der Waals surface area contributed by atoms with Crippen LogP contribution in [0.2, 0.25) is 0 Å². The highest BCUT2D eigenvalue weighted by Gasteiger charge is 2.23. The van der Waals surface area contributed by atoms with Crippen LogP contribution in [0.4, 0.5) is 5.69 Å². The molecule has 0 heterocycles. The molecule has 0 fully saturated rings. The Bertz CT molecular complexity index is 839. The van der Waals surface area contributed by atoms with Gasteiger partial charge in [-0.25, -0.2) is 4.79 Å². The molecule has 148 valence electrons. The van der Waals surface area contributed by atoms with Crippen molar-refractivity contribution in [2.75, 3.05) is 12.0 Å². The molecule has 0 radical (unpaired) electrons. The molecule has 2 rings (SSSR count). The number of hydrogen-bond donors (Lipinski definition) is 1. The zero-order chi connectivity index (χ0) is 20.5. The largest absolute Gasteiger partial charge is 0.459 e. The van der Waals surface area contributed by atoms with Crippen LogP contribution in [0.25, 0.3) is 0 Å². The van der Waals surface area contributed by atoms with Gasteiger partial charge in [0.2, 0.25) is 0 Å². The number of ether oxygens (including phenoxy) is 1. The van der Waals surface area contributed by atoms with E-state index in [1.165, 1.54) is 24.3 Å². The van der Waals surface area contributed by atoms with Gasteiger partial charge in [0.25, 0.3) is 11.6 Å². The summed E-state index contributed by atoms with van der Waals surface area (Å²) >= 11 is 1.57. The molecule has 0 aliphatic rings. The predicted octanol–water partition coefficient (Wildman–Crippen LogP) is 3.50. The number of amides is 1. The second-order valence-corrected chi connectivity index (χ2v) is 7.19. The van der Waals surface area contributed by atoms with Crippen molar-refractivity contribution in [2.45, 2.75) is 26.0 Å². The van der Waals surface area contributed by atoms with Crippen LogP contribution in [-0.2, 0) is 16.1 Å². The molecule has 0 aliphatic carbocycles. The number of carbonyl (C=O) groups excluding carboxylic acids is 2. The lowest BCUT2D eigenvalue weighted by molar-refractivity contribution is -0.384. The molecule has 0 spiro atoms. The number of nitrogens with zero attached hydrogens (tertiary/aromatic N) is 1. The van der Waals surface area contributed by atoms with Crippen molar-refractivity contribution >= 4 is 29.3 Å². The Morgan fingerprint density at radius 2 is 1.93 bits per heavy atom. The van der Waals surface area contributed by atoms with Crippen LogP contribution >= 0.6 is 11.8 Å². The van der Waals surface area contributed by atoms with Crippen molar-refractivity contribution in [3.8, 4) is 0 Å². The monoisotopic (exact) mass is 402 g/mol.